The quantitative estimate of drug-likeness (QED) is 0.649. The Hall–Kier alpha value is -0.870. The Kier molecular flexibility index (Phi) is 6.22. The third-order valence-electron chi connectivity index (χ3n) is 2.44. The number of unbranched alkanes of at least 4 members (excludes halogenated alkanes) is 1. The first kappa shape index (κ1) is 14.2. The first-order valence-corrected chi connectivity index (χ1v) is 6.45. The molecule has 0 fully saturated rings. The second-order valence-electron chi connectivity index (χ2n) is 3.85. The number of aliphatic hydroxyl groups is 1. The summed E-state index contributed by atoms with van der Waals surface area (Å²) in [4.78, 5) is 10.8. The van der Waals surface area contributed by atoms with Crippen molar-refractivity contribution in [2.24, 2.45) is 0 Å². The number of aliphatic hydroxyl groups excluding tert-OH is 1. The molecule has 0 unspecified atom stereocenters. The SMILES string of the molecule is CC(=O)OCc1cccc(CCCCO)c1Br. The number of ether oxygens (including phenoxy) is 1. The van der Waals surface area contributed by atoms with Crippen molar-refractivity contribution in [3.8, 4) is 0 Å². The molecule has 0 radical (unpaired) electrons. The summed E-state index contributed by atoms with van der Waals surface area (Å²) in [6.07, 6.45) is 2.67. The summed E-state index contributed by atoms with van der Waals surface area (Å²) in [5, 5.41) is 8.74. The van der Waals surface area contributed by atoms with Gasteiger partial charge in [0.1, 0.15) is 6.61 Å². The van der Waals surface area contributed by atoms with Crippen LogP contribution in [0.2, 0.25) is 0 Å². The van der Waals surface area contributed by atoms with Crippen molar-refractivity contribution in [3.63, 3.8) is 0 Å². The molecule has 1 aromatic rings. The molecule has 0 heterocycles. The summed E-state index contributed by atoms with van der Waals surface area (Å²) in [6.45, 7) is 1.92. The van der Waals surface area contributed by atoms with Crippen LogP contribution >= 0.6 is 15.9 Å². The maximum atomic E-state index is 10.8. The number of esters is 1. The van der Waals surface area contributed by atoms with E-state index in [4.69, 9.17) is 9.84 Å². The van der Waals surface area contributed by atoms with Gasteiger partial charge in [-0.15, -0.1) is 0 Å². The number of halogens is 1. The van der Waals surface area contributed by atoms with Crippen LogP contribution in [-0.2, 0) is 22.6 Å². The molecular formula is C13H17BrO3. The molecule has 94 valence electrons. The molecule has 0 saturated heterocycles. The van der Waals surface area contributed by atoms with Crippen LogP contribution in [0, 0.1) is 0 Å². The minimum Gasteiger partial charge on any atom is -0.461 e. The first-order valence-electron chi connectivity index (χ1n) is 5.65. The average molecular weight is 301 g/mol. The van der Waals surface area contributed by atoms with Crippen LogP contribution in [0.3, 0.4) is 0 Å². The lowest BCUT2D eigenvalue weighted by Crippen LogP contribution is -2.01. The molecule has 1 rings (SSSR count). The zero-order valence-electron chi connectivity index (χ0n) is 9.91. The molecule has 0 bridgehead atoms. The van der Waals surface area contributed by atoms with Gasteiger partial charge in [0.15, 0.2) is 0 Å². The van der Waals surface area contributed by atoms with Crippen molar-refractivity contribution >= 4 is 21.9 Å². The Morgan fingerprint density at radius 1 is 1.35 bits per heavy atom. The topological polar surface area (TPSA) is 46.5 Å². The predicted molar refractivity (Wildman–Crippen MR) is 69.6 cm³/mol. The monoisotopic (exact) mass is 300 g/mol. The fraction of sp³-hybridized carbons (Fsp3) is 0.462. The lowest BCUT2D eigenvalue weighted by Gasteiger charge is -2.09. The van der Waals surface area contributed by atoms with Crippen molar-refractivity contribution < 1.29 is 14.6 Å². The normalized spacial score (nSPS) is 10.3. The summed E-state index contributed by atoms with van der Waals surface area (Å²) in [5.41, 5.74) is 2.16. The van der Waals surface area contributed by atoms with Gasteiger partial charge in [-0.25, -0.2) is 0 Å². The van der Waals surface area contributed by atoms with Crippen LogP contribution in [0.25, 0.3) is 0 Å². The lowest BCUT2D eigenvalue weighted by molar-refractivity contribution is -0.142. The molecule has 0 aromatic heterocycles. The van der Waals surface area contributed by atoms with E-state index in [1.807, 2.05) is 18.2 Å². The van der Waals surface area contributed by atoms with Crippen LogP contribution in [0.15, 0.2) is 22.7 Å². The summed E-state index contributed by atoms with van der Waals surface area (Å²) in [6, 6.07) is 5.93. The molecule has 1 N–H and O–H groups in total. The number of hydrogen-bond acceptors (Lipinski definition) is 3. The molecule has 0 aliphatic carbocycles. The van der Waals surface area contributed by atoms with Gasteiger partial charge in [0.25, 0.3) is 0 Å². The van der Waals surface area contributed by atoms with Gasteiger partial charge in [0.05, 0.1) is 0 Å². The van der Waals surface area contributed by atoms with E-state index in [9.17, 15) is 4.79 Å². The molecule has 0 amide bonds. The van der Waals surface area contributed by atoms with Gasteiger partial charge in [-0.2, -0.15) is 0 Å². The molecule has 17 heavy (non-hydrogen) atoms. The Morgan fingerprint density at radius 3 is 2.71 bits per heavy atom. The van der Waals surface area contributed by atoms with E-state index in [1.165, 1.54) is 12.5 Å². The fourth-order valence-electron chi connectivity index (χ4n) is 1.54. The van der Waals surface area contributed by atoms with Gasteiger partial charge in [0, 0.05) is 23.6 Å². The highest BCUT2D eigenvalue weighted by atomic mass is 79.9. The first-order chi connectivity index (χ1) is 8.15. The Bertz CT molecular complexity index is 377. The summed E-state index contributed by atoms with van der Waals surface area (Å²) in [7, 11) is 0. The summed E-state index contributed by atoms with van der Waals surface area (Å²) < 4.78 is 5.98. The zero-order valence-corrected chi connectivity index (χ0v) is 11.5. The van der Waals surface area contributed by atoms with Crippen LogP contribution in [-0.4, -0.2) is 17.7 Å². The van der Waals surface area contributed by atoms with E-state index < -0.39 is 0 Å². The number of hydrogen-bond donors (Lipinski definition) is 1. The van der Waals surface area contributed by atoms with Gasteiger partial charge in [-0.05, 0) is 24.8 Å². The molecule has 0 saturated carbocycles. The van der Waals surface area contributed by atoms with E-state index in [0.717, 1.165) is 29.3 Å². The van der Waals surface area contributed by atoms with Crippen molar-refractivity contribution in [3.05, 3.63) is 33.8 Å². The maximum absolute atomic E-state index is 10.8. The smallest absolute Gasteiger partial charge is 0.302 e. The summed E-state index contributed by atoms with van der Waals surface area (Å²) >= 11 is 3.53. The van der Waals surface area contributed by atoms with Crippen LogP contribution in [0.4, 0.5) is 0 Å². The molecule has 1 aromatic carbocycles. The van der Waals surface area contributed by atoms with Gasteiger partial charge in [-0.3, -0.25) is 4.79 Å². The highest BCUT2D eigenvalue weighted by Gasteiger charge is 2.06. The van der Waals surface area contributed by atoms with Gasteiger partial charge < -0.3 is 9.84 Å². The second kappa shape index (κ2) is 7.45. The number of rotatable bonds is 6. The highest BCUT2D eigenvalue weighted by Crippen LogP contribution is 2.24. The molecule has 0 spiro atoms. The average Bonchev–Trinajstić information content (AvgIpc) is 2.30. The Labute approximate surface area is 110 Å². The molecule has 0 atom stereocenters. The zero-order chi connectivity index (χ0) is 12.7. The van der Waals surface area contributed by atoms with E-state index in [-0.39, 0.29) is 12.6 Å². The van der Waals surface area contributed by atoms with Gasteiger partial charge in [0.2, 0.25) is 0 Å². The van der Waals surface area contributed by atoms with E-state index in [2.05, 4.69) is 15.9 Å². The molecule has 0 aliphatic heterocycles. The Morgan fingerprint density at radius 2 is 2.06 bits per heavy atom. The van der Waals surface area contributed by atoms with Crippen LogP contribution in [0.1, 0.15) is 30.9 Å². The lowest BCUT2D eigenvalue weighted by atomic mass is 10.1. The van der Waals surface area contributed by atoms with Crippen molar-refractivity contribution in [2.75, 3.05) is 6.61 Å². The predicted octanol–water partition coefficient (Wildman–Crippen LogP) is 2.83. The maximum Gasteiger partial charge on any atom is 0.302 e. The van der Waals surface area contributed by atoms with E-state index in [0.29, 0.717) is 6.61 Å². The third-order valence-corrected chi connectivity index (χ3v) is 3.46. The number of carbonyl (C=O) groups excluding carboxylic acids is 1. The second-order valence-corrected chi connectivity index (χ2v) is 4.64. The number of carbonyl (C=O) groups is 1. The van der Waals surface area contributed by atoms with Crippen molar-refractivity contribution in [2.45, 2.75) is 32.8 Å². The van der Waals surface area contributed by atoms with Crippen LogP contribution < -0.4 is 0 Å². The molecule has 3 nitrogen and oxygen atoms in total. The Balaban J connectivity index is 2.66. The molecular weight excluding hydrogens is 284 g/mol. The highest BCUT2D eigenvalue weighted by molar-refractivity contribution is 9.10. The van der Waals surface area contributed by atoms with Gasteiger partial charge >= 0.3 is 5.97 Å². The van der Waals surface area contributed by atoms with Crippen molar-refractivity contribution in [1.82, 2.24) is 0 Å². The standard InChI is InChI=1S/C13H17BrO3/c1-10(16)17-9-12-7-4-6-11(13(12)14)5-2-3-8-15/h4,6-7,15H,2-3,5,8-9H2,1H3. The summed E-state index contributed by atoms with van der Waals surface area (Å²) in [5.74, 6) is -0.275. The van der Waals surface area contributed by atoms with Gasteiger partial charge in [-0.1, -0.05) is 34.1 Å². The minimum absolute atomic E-state index is 0.227. The fourth-order valence-corrected chi connectivity index (χ4v) is 2.12. The third kappa shape index (κ3) is 4.88. The number of aryl methyl sites for hydroxylation is 1. The minimum atomic E-state index is -0.275. The van der Waals surface area contributed by atoms with Crippen molar-refractivity contribution in [1.29, 1.82) is 0 Å². The van der Waals surface area contributed by atoms with E-state index >= 15 is 0 Å². The largest absolute Gasteiger partial charge is 0.461 e. The number of benzene rings is 1. The molecule has 4 heteroatoms. The van der Waals surface area contributed by atoms with Crippen LogP contribution in [0.5, 0.6) is 0 Å². The van der Waals surface area contributed by atoms with E-state index in [1.54, 1.807) is 0 Å². The molecule has 0 aliphatic rings.